The van der Waals surface area contributed by atoms with Gasteiger partial charge in [0.25, 0.3) is 0 Å². The van der Waals surface area contributed by atoms with Gasteiger partial charge in [0, 0.05) is 6.42 Å². The first-order valence-corrected chi connectivity index (χ1v) is 3.97. The van der Waals surface area contributed by atoms with Crippen molar-refractivity contribution in [2.45, 2.75) is 19.3 Å². The lowest BCUT2D eigenvalue weighted by Gasteiger charge is -2.21. The average molecular weight is 184 g/mol. The monoisotopic (exact) mass is 184 g/mol. The molecule has 1 aromatic carbocycles. The van der Waals surface area contributed by atoms with E-state index in [0.29, 0.717) is 0 Å². The molecule has 1 rings (SSSR count). The van der Waals surface area contributed by atoms with Crippen LogP contribution in [0.15, 0.2) is 24.3 Å². The minimum Gasteiger partial charge on any atom is -0.504 e. The Morgan fingerprint density at radius 2 is 1.92 bits per heavy atom. The van der Waals surface area contributed by atoms with Gasteiger partial charge in [-0.15, -0.1) is 0 Å². The highest BCUT2D eigenvalue weighted by Gasteiger charge is 2.23. The van der Waals surface area contributed by atoms with Crippen molar-refractivity contribution in [2.75, 3.05) is 0 Å². The van der Waals surface area contributed by atoms with Crippen molar-refractivity contribution in [2.24, 2.45) is 0 Å². The zero-order valence-electron chi connectivity index (χ0n) is 7.27. The number of benzene rings is 1. The summed E-state index contributed by atoms with van der Waals surface area (Å²) < 4.78 is 4.74. The SMILES string of the molecule is CCC(O)(O)Oc1ccccc1O. The fourth-order valence-electron chi connectivity index (χ4n) is 0.792. The van der Waals surface area contributed by atoms with Crippen molar-refractivity contribution in [3.8, 4) is 11.5 Å². The van der Waals surface area contributed by atoms with Gasteiger partial charge in [0.05, 0.1) is 0 Å². The topological polar surface area (TPSA) is 69.9 Å². The van der Waals surface area contributed by atoms with Crippen molar-refractivity contribution in [1.82, 2.24) is 0 Å². The molecule has 1 aromatic rings. The van der Waals surface area contributed by atoms with E-state index in [0.717, 1.165) is 0 Å². The molecule has 0 aromatic heterocycles. The molecule has 0 aliphatic rings. The quantitative estimate of drug-likeness (QED) is 0.608. The highest BCUT2D eigenvalue weighted by molar-refractivity contribution is 5.38. The molecule has 3 N–H and O–H groups in total. The fraction of sp³-hybridized carbons (Fsp3) is 0.333. The van der Waals surface area contributed by atoms with Crippen LogP contribution in [-0.2, 0) is 0 Å². The second-order valence-electron chi connectivity index (χ2n) is 2.67. The normalized spacial score (nSPS) is 11.3. The molecule has 0 atom stereocenters. The lowest BCUT2D eigenvalue weighted by Crippen LogP contribution is -2.34. The largest absolute Gasteiger partial charge is 0.504 e. The van der Waals surface area contributed by atoms with Crippen LogP contribution in [0.2, 0.25) is 0 Å². The summed E-state index contributed by atoms with van der Waals surface area (Å²) in [4.78, 5) is 0. The number of hydrogen-bond donors (Lipinski definition) is 3. The second kappa shape index (κ2) is 3.64. The second-order valence-corrected chi connectivity index (χ2v) is 2.67. The molecular formula is C9H12O4. The van der Waals surface area contributed by atoms with Gasteiger partial charge in [0.2, 0.25) is 0 Å². The Labute approximate surface area is 76.0 Å². The Balaban J connectivity index is 2.80. The van der Waals surface area contributed by atoms with Crippen molar-refractivity contribution >= 4 is 0 Å². The molecule has 0 radical (unpaired) electrons. The van der Waals surface area contributed by atoms with Crippen molar-refractivity contribution in [3.63, 3.8) is 0 Å². The highest BCUT2D eigenvalue weighted by atomic mass is 16.8. The van der Waals surface area contributed by atoms with Crippen molar-refractivity contribution < 1.29 is 20.1 Å². The Morgan fingerprint density at radius 1 is 1.31 bits per heavy atom. The smallest absolute Gasteiger partial charge is 0.321 e. The van der Waals surface area contributed by atoms with Gasteiger partial charge >= 0.3 is 5.97 Å². The average Bonchev–Trinajstić information content (AvgIpc) is 2.09. The first-order valence-electron chi connectivity index (χ1n) is 3.97. The number of phenols is 1. The molecule has 0 unspecified atom stereocenters. The number of ether oxygens (including phenoxy) is 1. The fourth-order valence-corrected chi connectivity index (χ4v) is 0.792. The maximum atomic E-state index is 9.22. The van der Waals surface area contributed by atoms with Gasteiger partial charge in [-0.05, 0) is 12.1 Å². The summed E-state index contributed by atoms with van der Waals surface area (Å²) in [6, 6.07) is 6.10. The summed E-state index contributed by atoms with van der Waals surface area (Å²) in [5.41, 5.74) is 0. The summed E-state index contributed by atoms with van der Waals surface area (Å²) >= 11 is 0. The third-order valence-corrected chi connectivity index (χ3v) is 1.60. The van der Waals surface area contributed by atoms with E-state index in [1.807, 2.05) is 0 Å². The summed E-state index contributed by atoms with van der Waals surface area (Å²) in [6.45, 7) is 1.56. The van der Waals surface area contributed by atoms with E-state index in [1.54, 1.807) is 19.1 Å². The van der Waals surface area contributed by atoms with E-state index >= 15 is 0 Å². The van der Waals surface area contributed by atoms with E-state index in [1.165, 1.54) is 12.1 Å². The molecule has 0 aliphatic heterocycles. The van der Waals surface area contributed by atoms with Crippen molar-refractivity contribution in [3.05, 3.63) is 24.3 Å². The predicted octanol–water partition coefficient (Wildman–Crippen LogP) is 0.819. The van der Waals surface area contributed by atoms with Gasteiger partial charge in [0.15, 0.2) is 11.5 Å². The standard InChI is InChI=1S/C9H12O4/c1-2-9(11,12)13-8-6-4-3-5-7(8)10/h3-6,10-12H,2H2,1H3. The first-order chi connectivity index (χ1) is 6.05. The van der Waals surface area contributed by atoms with Gasteiger partial charge in [0.1, 0.15) is 0 Å². The lowest BCUT2D eigenvalue weighted by molar-refractivity contribution is -0.293. The van der Waals surface area contributed by atoms with Crippen LogP contribution in [0.1, 0.15) is 13.3 Å². The Hall–Kier alpha value is -1.26. The molecule has 4 heteroatoms. The maximum Gasteiger partial charge on any atom is 0.321 e. The summed E-state index contributed by atoms with van der Waals surface area (Å²) in [5.74, 6) is -2.29. The Morgan fingerprint density at radius 3 is 2.46 bits per heavy atom. The van der Waals surface area contributed by atoms with Gasteiger partial charge in [-0.1, -0.05) is 19.1 Å². The summed E-state index contributed by atoms with van der Waals surface area (Å²) in [5, 5.41) is 27.5. The van der Waals surface area contributed by atoms with Gasteiger partial charge in [-0.2, -0.15) is 0 Å². The van der Waals surface area contributed by atoms with E-state index < -0.39 is 5.97 Å². The molecule has 72 valence electrons. The van der Waals surface area contributed by atoms with Crippen molar-refractivity contribution in [1.29, 1.82) is 0 Å². The van der Waals surface area contributed by atoms with Gasteiger partial charge < -0.3 is 20.1 Å². The minimum atomic E-state index is -2.22. The zero-order valence-corrected chi connectivity index (χ0v) is 7.27. The lowest BCUT2D eigenvalue weighted by atomic mass is 10.3. The van der Waals surface area contributed by atoms with Crippen LogP contribution in [-0.4, -0.2) is 21.3 Å². The van der Waals surface area contributed by atoms with Crippen LogP contribution in [0.3, 0.4) is 0 Å². The number of para-hydroxylation sites is 2. The van der Waals surface area contributed by atoms with Gasteiger partial charge in [-0.25, -0.2) is 0 Å². The molecule has 0 saturated heterocycles. The number of aliphatic hydroxyl groups is 2. The molecule has 0 amide bonds. The number of aromatic hydroxyl groups is 1. The van der Waals surface area contributed by atoms with E-state index in [2.05, 4.69) is 0 Å². The van der Waals surface area contributed by atoms with E-state index in [4.69, 9.17) is 14.9 Å². The Kier molecular flexibility index (Phi) is 2.75. The number of phenolic OH excluding ortho intramolecular Hbond substituents is 1. The molecule has 0 heterocycles. The first kappa shape index (κ1) is 9.83. The molecule has 4 nitrogen and oxygen atoms in total. The third kappa shape index (κ3) is 2.61. The zero-order chi connectivity index (χ0) is 9.90. The van der Waals surface area contributed by atoms with Crippen LogP contribution in [0.5, 0.6) is 11.5 Å². The van der Waals surface area contributed by atoms with Crippen LogP contribution in [0.4, 0.5) is 0 Å². The third-order valence-electron chi connectivity index (χ3n) is 1.60. The molecular weight excluding hydrogens is 172 g/mol. The predicted molar refractivity (Wildman–Crippen MR) is 46.2 cm³/mol. The van der Waals surface area contributed by atoms with Crippen LogP contribution in [0.25, 0.3) is 0 Å². The van der Waals surface area contributed by atoms with E-state index in [9.17, 15) is 5.11 Å². The van der Waals surface area contributed by atoms with Crippen LogP contribution in [0, 0.1) is 0 Å². The van der Waals surface area contributed by atoms with Crippen LogP contribution >= 0.6 is 0 Å². The molecule has 0 saturated carbocycles. The molecule has 0 fully saturated rings. The van der Waals surface area contributed by atoms with Crippen LogP contribution < -0.4 is 4.74 Å². The molecule has 0 bridgehead atoms. The summed E-state index contributed by atoms with van der Waals surface area (Å²) in [6.07, 6.45) is 0.0152. The number of hydrogen-bond acceptors (Lipinski definition) is 4. The molecule has 13 heavy (non-hydrogen) atoms. The number of rotatable bonds is 3. The maximum absolute atomic E-state index is 9.22. The summed E-state index contributed by atoms with van der Waals surface area (Å²) in [7, 11) is 0. The van der Waals surface area contributed by atoms with E-state index in [-0.39, 0.29) is 17.9 Å². The highest BCUT2D eigenvalue weighted by Crippen LogP contribution is 2.27. The molecule has 0 aliphatic carbocycles. The molecule has 0 spiro atoms. The van der Waals surface area contributed by atoms with Gasteiger partial charge in [-0.3, -0.25) is 0 Å². The Bertz CT molecular complexity index is 283. The minimum absolute atomic E-state index is 0.0152.